The normalized spacial score (nSPS) is 13.6. The van der Waals surface area contributed by atoms with Crippen LogP contribution in [-0.2, 0) is 28.5 Å². The van der Waals surface area contributed by atoms with Crippen LogP contribution >= 0.6 is 0 Å². The molecule has 0 amide bonds. The minimum atomic E-state index is -0.00225. The molecule has 7 heteroatoms. The maximum Gasteiger partial charge on any atom is 0.305 e. The number of hydrogen-bond donors (Lipinski definition) is 0. The van der Waals surface area contributed by atoms with Gasteiger partial charge in [0, 0.05) is 32.5 Å². The third-order valence-corrected chi connectivity index (χ3v) is 12.6. The van der Waals surface area contributed by atoms with E-state index in [0.717, 1.165) is 97.2 Å². The number of rotatable bonds is 44. The van der Waals surface area contributed by atoms with E-state index in [2.05, 4.69) is 32.6 Å². The quantitative estimate of drug-likeness (QED) is 0.0447. The van der Waals surface area contributed by atoms with Gasteiger partial charge in [0.25, 0.3) is 0 Å². The molecule has 1 fully saturated rings. The molecule has 1 heterocycles. The van der Waals surface area contributed by atoms with Crippen LogP contribution in [0.5, 0.6) is 0 Å². The maximum atomic E-state index is 12.4. The van der Waals surface area contributed by atoms with Crippen LogP contribution in [0.25, 0.3) is 0 Å². The van der Waals surface area contributed by atoms with Gasteiger partial charge in [-0.1, -0.05) is 182 Å². The zero-order valence-electron chi connectivity index (χ0n) is 39.3. The Morgan fingerprint density at radius 1 is 0.448 bits per heavy atom. The van der Waals surface area contributed by atoms with Crippen LogP contribution in [0.4, 0.5) is 0 Å². The van der Waals surface area contributed by atoms with E-state index in [1.165, 1.54) is 148 Å². The molecule has 0 spiro atoms. The SMILES string of the molecule is CCCCCC(CCCCC)CCOC(=O)CCCCCCCC(CCCCCCCC(=O)OCCC(CCCCC)CCCCC)OCCCCN1CCOCC1. The standard InChI is InChI=1S/C51H99NO6/c1-5-9-19-29-47(30-20-10-6-2)37-43-57-50(53)35-25-17-13-15-23-33-49(56-42-28-27-39-52-40-45-55-46-41-52)34-24-16-14-18-26-36-51(54)58-44-38-48(31-21-11-7-3)32-22-12-8-4/h47-49H,5-46H2,1-4H3. The average Bonchev–Trinajstić information content (AvgIpc) is 3.22. The highest BCUT2D eigenvalue weighted by Crippen LogP contribution is 2.23. The molecular formula is C51H99NO6. The Morgan fingerprint density at radius 2 is 0.845 bits per heavy atom. The fourth-order valence-corrected chi connectivity index (χ4v) is 8.59. The van der Waals surface area contributed by atoms with Crippen molar-refractivity contribution in [1.82, 2.24) is 4.90 Å². The molecule has 1 aliphatic rings. The van der Waals surface area contributed by atoms with Crippen molar-refractivity contribution in [2.75, 3.05) is 52.7 Å². The fourth-order valence-electron chi connectivity index (χ4n) is 8.59. The average molecular weight is 822 g/mol. The third kappa shape index (κ3) is 35.6. The van der Waals surface area contributed by atoms with Crippen molar-refractivity contribution in [3.8, 4) is 0 Å². The predicted octanol–water partition coefficient (Wildman–Crippen LogP) is 14.4. The van der Waals surface area contributed by atoms with Crippen LogP contribution < -0.4 is 0 Å². The molecule has 0 aliphatic carbocycles. The highest BCUT2D eigenvalue weighted by Gasteiger charge is 2.14. The third-order valence-electron chi connectivity index (χ3n) is 12.6. The lowest BCUT2D eigenvalue weighted by Gasteiger charge is -2.26. The first-order chi connectivity index (χ1) is 28.5. The number of unbranched alkanes of at least 4 members (excludes halogenated alkanes) is 17. The minimum absolute atomic E-state index is 0.00225. The number of ether oxygens (including phenoxy) is 4. The molecule has 58 heavy (non-hydrogen) atoms. The first-order valence-corrected chi connectivity index (χ1v) is 25.7. The van der Waals surface area contributed by atoms with Gasteiger partial charge in [0.2, 0.25) is 0 Å². The van der Waals surface area contributed by atoms with E-state index in [-0.39, 0.29) is 11.9 Å². The minimum Gasteiger partial charge on any atom is -0.466 e. The Morgan fingerprint density at radius 3 is 1.28 bits per heavy atom. The van der Waals surface area contributed by atoms with E-state index in [4.69, 9.17) is 18.9 Å². The van der Waals surface area contributed by atoms with Crippen molar-refractivity contribution in [3.63, 3.8) is 0 Å². The molecular weight excluding hydrogens is 723 g/mol. The largest absolute Gasteiger partial charge is 0.466 e. The summed E-state index contributed by atoms with van der Waals surface area (Å²) in [5.41, 5.74) is 0. The lowest BCUT2D eigenvalue weighted by Crippen LogP contribution is -2.36. The van der Waals surface area contributed by atoms with Crippen LogP contribution in [-0.4, -0.2) is 75.6 Å². The predicted molar refractivity (Wildman–Crippen MR) is 246 cm³/mol. The summed E-state index contributed by atoms with van der Waals surface area (Å²) in [6, 6.07) is 0. The molecule has 7 nitrogen and oxygen atoms in total. The zero-order valence-corrected chi connectivity index (χ0v) is 39.3. The molecule has 0 atom stereocenters. The van der Waals surface area contributed by atoms with E-state index in [1.807, 2.05) is 0 Å². The highest BCUT2D eigenvalue weighted by molar-refractivity contribution is 5.69. The van der Waals surface area contributed by atoms with E-state index in [9.17, 15) is 9.59 Å². The number of hydrogen-bond acceptors (Lipinski definition) is 7. The molecule has 344 valence electrons. The zero-order chi connectivity index (χ0) is 42.0. The van der Waals surface area contributed by atoms with Gasteiger partial charge < -0.3 is 18.9 Å². The first kappa shape index (κ1) is 54.8. The lowest BCUT2D eigenvalue weighted by molar-refractivity contribution is -0.145. The monoisotopic (exact) mass is 822 g/mol. The number of carbonyl (C=O) groups is 2. The molecule has 0 aromatic heterocycles. The first-order valence-electron chi connectivity index (χ1n) is 25.7. The molecule has 0 aromatic carbocycles. The Labute approximate surface area is 361 Å². The van der Waals surface area contributed by atoms with Crippen molar-refractivity contribution >= 4 is 11.9 Å². The summed E-state index contributed by atoms with van der Waals surface area (Å²) < 4.78 is 23.4. The van der Waals surface area contributed by atoms with Gasteiger partial charge in [-0.25, -0.2) is 0 Å². The summed E-state index contributed by atoms with van der Waals surface area (Å²) in [5, 5.41) is 0. The van der Waals surface area contributed by atoms with E-state index < -0.39 is 0 Å². The molecule has 0 unspecified atom stereocenters. The number of carbonyl (C=O) groups excluding carboxylic acids is 2. The number of nitrogens with zero attached hydrogens (tertiary/aromatic N) is 1. The van der Waals surface area contributed by atoms with Gasteiger partial charge in [-0.15, -0.1) is 0 Å². The Bertz CT molecular complexity index is 803. The van der Waals surface area contributed by atoms with Gasteiger partial charge in [0.05, 0.1) is 32.5 Å². The van der Waals surface area contributed by atoms with Gasteiger partial charge in [0.1, 0.15) is 0 Å². The molecule has 0 N–H and O–H groups in total. The second-order valence-electron chi connectivity index (χ2n) is 18.0. The van der Waals surface area contributed by atoms with Gasteiger partial charge >= 0.3 is 11.9 Å². The summed E-state index contributed by atoms with van der Waals surface area (Å²) >= 11 is 0. The van der Waals surface area contributed by atoms with Crippen molar-refractivity contribution in [2.45, 2.75) is 252 Å². The van der Waals surface area contributed by atoms with Crippen molar-refractivity contribution < 1.29 is 28.5 Å². The molecule has 0 saturated carbocycles. The van der Waals surface area contributed by atoms with Crippen LogP contribution in [0, 0.1) is 11.8 Å². The van der Waals surface area contributed by atoms with Gasteiger partial charge in [-0.3, -0.25) is 14.5 Å². The molecule has 0 radical (unpaired) electrons. The molecule has 1 rings (SSSR count). The fraction of sp³-hybridized carbons (Fsp3) is 0.961. The molecule has 1 saturated heterocycles. The van der Waals surface area contributed by atoms with E-state index in [0.29, 0.717) is 44.0 Å². The molecule has 1 aliphatic heterocycles. The van der Waals surface area contributed by atoms with Crippen molar-refractivity contribution in [3.05, 3.63) is 0 Å². The van der Waals surface area contributed by atoms with Crippen molar-refractivity contribution in [2.24, 2.45) is 11.8 Å². The Balaban J connectivity index is 2.27. The summed E-state index contributed by atoms with van der Waals surface area (Å²) in [5.74, 6) is 1.42. The van der Waals surface area contributed by atoms with Gasteiger partial charge in [0.15, 0.2) is 0 Å². The Hall–Kier alpha value is -1.18. The van der Waals surface area contributed by atoms with E-state index >= 15 is 0 Å². The summed E-state index contributed by atoms with van der Waals surface area (Å²) in [6.45, 7) is 16.1. The second kappa shape index (κ2) is 42.5. The van der Waals surface area contributed by atoms with Crippen molar-refractivity contribution in [1.29, 1.82) is 0 Å². The Kier molecular flexibility index (Phi) is 40.2. The van der Waals surface area contributed by atoms with Crippen LogP contribution in [0.3, 0.4) is 0 Å². The van der Waals surface area contributed by atoms with E-state index in [1.54, 1.807) is 0 Å². The topological polar surface area (TPSA) is 74.3 Å². The second-order valence-corrected chi connectivity index (χ2v) is 18.0. The molecule has 0 aromatic rings. The highest BCUT2D eigenvalue weighted by atomic mass is 16.5. The van der Waals surface area contributed by atoms with Gasteiger partial charge in [-0.2, -0.15) is 0 Å². The number of morpholine rings is 1. The van der Waals surface area contributed by atoms with Crippen LogP contribution in [0.15, 0.2) is 0 Å². The summed E-state index contributed by atoms with van der Waals surface area (Å²) in [6.07, 6.45) is 40.1. The smallest absolute Gasteiger partial charge is 0.305 e. The summed E-state index contributed by atoms with van der Waals surface area (Å²) in [4.78, 5) is 27.4. The molecule has 0 bridgehead atoms. The number of esters is 2. The summed E-state index contributed by atoms with van der Waals surface area (Å²) in [7, 11) is 0. The lowest BCUT2D eigenvalue weighted by atomic mass is 9.92. The van der Waals surface area contributed by atoms with Crippen LogP contribution in [0.2, 0.25) is 0 Å². The van der Waals surface area contributed by atoms with Gasteiger partial charge in [-0.05, 0) is 69.7 Å². The maximum absolute atomic E-state index is 12.4. The van der Waals surface area contributed by atoms with Crippen LogP contribution in [0.1, 0.15) is 246 Å².